The number of benzene rings is 1. The number of anilines is 1. The average Bonchev–Trinajstić information content (AvgIpc) is 2.94. The summed E-state index contributed by atoms with van der Waals surface area (Å²) >= 11 is 3.59. The summed E-state index contributed by atoms with van der Waals surface area (Å²) in [6.45, 7) is 8.04. The van der Waals surface area contributed by atoms with Crippen LogP contribution in [0.1, 0.15) is 31.3 Å². The van der Waals surface area contributed by atoms with Gasteiger partial charge in [0.1, 0.15) is 6.33 Å². The van der Waals surface area contributed by atoms with E-state index in [9.17, 15) is 0 Å². The highest BCUT2D eigenvalue weighted by molar-refractivity contribution is 9.10. The molecule has 0 fully saturated rings. The lowest BCUT2D eigenvalue weighted by Gasteiger charge is -2.32. The molecule has 21 heavy (non-hydrogen) atoms. The molecular formula is C15H20BrN5. The average molecular weight is 350 g/mol. The van der Waals surface area contributed by atoms with Crippen molar-refractivity contribution in [2.75, 3.05) is 18.0 Å². The van der Waals surface area contributed by atoms with Crippen molar-refractivity contribution >= 4 is 21.6 Å². The number of fused-ring (bicyclic) bond motifs is 1. The molecule has 0 saturated carbocycles. The zero-order valence-corrected chi connectivity index (χ0v) is 14.0. The first-order valence-electron chi connectivity index (χ1n) is 7.33. The lowest BCUT2D eigenvalue weighted by Crippen LogP contribution is -2.35. The fourth-order valence-electron chi connectivity index (χ4n) is 2.85. The van der Waals surface area contributed by atoms with Crippen molar-refractivity contribution in [3.8, 4) is 0 Å². The molecule has 112 valence electrons. The van der Waals surface area contributed by atoms with Crippen LogP contribution in [0.3, 0.4) is 0 Å². The predicted octanol–water partition coefficient (Wildman–Crippen LogP) is 2.73. The third-order valence-corrected chi connectivity index (χ3v) is 4.44. The van der Waals surface area contributed by atoms with Crippen LogP contribution < -0.4 is 10.2 Å². The fourth-order valence-corrected chi connectivity index (χ4v) is 3.23. The Labute approximate surface area is 133 Å². The van der Waals surface area contributed by atoms with Gasteiger partial charge in [-0.2, -0.15) is 0 Å². The molecule has 5 nitrogen and oxygen atoms in total. The molecule has 1 aliphatic rings. The Balaban J connectivity index is 1.91. The number of hydrogen-bond acceptors (Lipinski definition) is 4. The summed E-state index contributed by atoms with van der Waals surface area (Å²) in [5, 5.41) is 11.7. The summed E-state index contributed by atoms with van der Waals surface area (Å²) in [5.41, 5.74) is 2.60. The van der Waals surface area contributed by atoms with Gasteiger partial charge in [-0.1, -0.05) is 22.9 Å². The van der Waals surface area contributed by atoms with Crippen molar-refractivity contribution in [2.45, 2.75) is 33.0 Å². The quantitative estimate of drug-likeness (QED) is 0.921. The van der Waals surface area contributed by atoms with Crippen molar-refractivity contribution in [1.29, 1.82) is 0 Å². The summed E-state index contributed by atoms with van der Waals surface area (Å²) in [5.74, 6) is 1.03. The first kappa shape index (κ1) is 14.5. The highest BCUT2D eigenvalue weighted by Gasteiger charge is 2.21. The molecular weight excluding hydrogens is 330 g/mol. The van der Waals surface area contributed by atoms with Gasteiger partial charge in [0.25, 0.3) is 0 Å². The monoisotopic (exact) mass is 349 g/mol. The van der Waals surface area contributed by atoms with Gasteiger partial charge in [-0.05, 0) is 37.2 Å². The number of halogens is 1. The van der Waals surface area contributed by atoms with Gasteiger partial charge in [-0.15, -0.1) is 10.2 Å². The Morgan fingerprint density at radius 1 is 1.38 bits per heavy atom. The van der Waals surface area contributed by atoms with E-state index in [1.165, 1.54) is 11.3 Å². The van der Waals surface area contributed by atoms with Crippen LogP contribution in [0.25, 0.3) is 0 Å². The minimum absolute atomic E-state index is 0.322. The number of hydrogen-bond donors (Lipinski definition) is 1. The van der Waals surface area contributed by atoms with Crippen molar-refractivity contribution in [3.63, 3.8) is 0 Å². The Morgan fingerprint density at radius 3 is 3.05 bits per heavy atom. The minimum atomic E-state index is 0.322. The maximum atomic E-state index is 4.21. The van der Waals surface area contributed by atoms with Crippen LogP contribution in [0, 0.1) is 0 Å². The van der Waals surface area contributed by atoms with Gasteiger partial charge in [-0.3, -0.25) is 0 Å². The van der Waals surface area contributed by atoms with Crippen LogP contribution in [0.15, 0.2) is 29.0 Å². The van der Waals surface area contributed by atoms with Crippen LogP contribution in [-0.4, -0.2) is 27.9 Å². The van der Waals surface area contributed by atoms with Crippen LogP contribution in [-0.2, 0) is 13.1 Å². The van der Waals surface area contributed by atoms with E-state index in [1.54, 1.807) is 0 Å². The molecule has 6 heteroatoms. The maximum Gasteiger partial charge on any atom is 0.152 e. The van der Waals surface area contributed by atoms with Gasteiger partial charge in [0.2, 0.25) is 0 Å². The van der Waals surface area contributed by atoms with Crippen LogP contribution in [0.5, 0.6) is 0 Å². The number of nitrogens with one attached hydrogen (secondary N) is 1. The van der Waals surface area contributed by atoms with Gasteiger partial charge in [-0.25, -0.2) is 0 Å². The van der Waals surface area contributed by atoms with E-state index in [2.05, 4.69) is 73.0 Å². The first-order chi connectivity index (χ1) is 10.2. The summed E-state index contributed by atoms with van der Waals surface area (Å²) in [6, 6.07) is 6.83. The van der Waals surface area contributed by atoms with Gasteiger partial charge < -0.3 is 14.8 Å². The van der Waals surface area contributed by atoms with E-state index in [4.69, 9.17) is 0 Å². The summed E-state index contributed by atoms with van der Waals surface area (Å²) in [6.07, 6.45) is 1.82. The molecule has 2 heterocycles. The Morgan fingerprint density at radius 2 is 2.24 bits per heavy atom. The Kier molecular flexibility index (Phi) is 4.26. The number of aromatic nitrogens is 3. The molecule has 3 rings (SSSR count). The van der Waals surface area contributed by atoms with E-state index in [0.717, 1.165) is 36.5 Å². The molecule has 0 spiro atoms. The van der Waals surface area contributed by atoms with Gasteiger partial charge in [0.15, 0.2) is 5.82 Å². The Hall–Kier alpha value is -1.40. The van der Waals surface area contributed by atoms with Gasteiger partial charge in [0.05, 0.1) is 6.54 Å². The molecule has 0 radical (unpaired) electrons. The molecule has 1 atom stereocenters. The molecule has 0 bridgehead atoms. The maximum absolute atomic E-state index is 4.21. The fraction of sp³-hybridized carbons (Fsp3) is 0.467. The lowest BCUT2D eigenvalue weighted by molar-refractivity contribution is 0.550. The molecule has 1 N–H and O–H groups in total. The molecule has 1 aromatic heterocycles. The normalized spacial score (nSPS) is 15.9. The van der Waals surface area contributed by atoms with Crippen LogP contribution in [0.4, 0.5) is 5.69 Å². The first-order valence-corrected chi connectivity index (χ1v) is 8.12. The predicted molar refractivity (Wildman–Crippen MR) is 87.3 cm³/mol. The minimum Gasteiger partial charge on any atom is -0.362 e. The SMILES string of the molecule is CCNC(C)c1cc(Br)ccc1N1CCn2cnnc2C1. The Bertz CT molecular complexity index is 624. The zero-order valence-electron chi connectivity index (χ0n) is 12.4. The number of rotatable bonds is 4. The smallest absolute Gasteiger partial charge is 0.152 e. The number of nitrogens with zero attached hydrogens (tertiary/aromatic N) is 4. The van der Waals surface area contributed by atoms with Gasteiger partial charge in [0, 0.05) is 29.3 Å². The van der Waals surface area contributed by atoms with Crippen molar-refractivity contribution in [2.24, 2.45) is 0 Å². The topological polar surface area (TPSA) is 46.0 Å². The van der Waals surface area contributed by atoms with Crippen molar-refractivity contribution < 1.29 is 0 Å². The second-order valence-corrected chi connectivity index (χ2v) is 6.26. The zero-order chi connectivity index (χ0) is 14.8. The molecule has 1 aromatic carbocycles. The van der Waals surface area contributed by atoms with E-state index in [1.807, 2.05) is 6.33 Å². The largest absolute Gasteiger partial charge is 0.362 e. The van der Waals surface area contributed by atoms with E-state index in [0.29, 0.717) is 6.04 Å². The molecule has 0 aliphatic carbocycles. The standard InChI is InChI=1S/C15H20BrN5/c1-3-17-11(2)13-8-12(16)4-5-14(13)20-6-7-21-10-18-19-15(21)9-20/h4-5,8,10-11,17H,3,6-7,9H2,1-2H3. The second kappa shape index (κ2) is 6.15. The van der Waals surface area contributed by atoms with Crippen molar-refractivity contribution in [1.82, 2.24) is 20.1 Å². The highest BCUT2D eigenvalue weighted by Crippen LogP contribution is 2.31. The van der Waals surface area contributed by atoms with Crippen LogP contribution in [0.2, 0.25) is 0 Å². The molecule has 1 unspecified atom stereocenters. The van der Waals surface area contributed by atoms with Crippen LogP contribution >= 0.6 is 15.9 Å². The molecule has 0 amide bonds. The molecule has 1 aliphatic heterocycles. The second-order valence-electron chi connectivity index (χ2n) is 5.34. The van der Waals surface area contributed by atoms with E-state index in [-0.39, 0.29) is 0 Å². The third kappa shape index (κ3) is 2.96. The highest BCUT2D eigenvalue weighted by atomic mass is 79.9. The molecule has 2 aromatic rings. The summed E-state index contributed by atoms with van der Waals surface area (Å²) in [4.78, 5) is 2.39. The summed E-state index contributed by atoms with van der Waals surface area (Å²) in [7, 11) is 0. The van der Waals surface area contributed by atoms with Crippen molar-refractivity contribution in [3.05, 3.63) is 40.4 Å². The van der Waals surface area contributed by atoms with E-state index >= 15 is 0 Å². The molecule has 0 saturated heterocycles. The van der Waals surface area contributed by atoms with Gasteiger partial charge >= 0.3 is 0 Å². The third-order valence-electron chi connectivity index (χ3n) is 3.95. The van der Waals surface area contributed by atoms with E-state index < -0.39 is 0 Å². The lowest BCUT2D eigenvalue weighted by atomic mass is 10.0. The summed E-state index contributed by atoms with van der Waals surface area (Å²) < 4.78 is 3.24.